The van der Waals surface area contributed by atoms with E-state index in [-0.39, 0.29) is 17.5 Å². The average Bonchev–Trinajstić information content (AvgIpc) is 3.53. The van der Waals surface area contributed by atoms with E-state index in [4.69, 9.17) is 9.47 Å². The van der Waals surface area contributed by atoms with Gasteiger partial charge >= 0.3 is 6.03 Å². The molecular formula is C28H33N7O4. The van der Waals surface area contributed by atoms with Crippen molar-refractivity contribution in [3.8, 4) is 17.3 Å². The number of methoxy groups -OCH3 is 1. The molecule has 3 amide bonds. The van der Waals surface area contributed by atoms with Crippen LogP contribution < -0.4 is 10.1 Å². The van der Waals surface area contributed by atoms with Gasteiger partial charge in [-0.2, -0.15) is 0 Å². The predicted octanol–water partition coefficient (Wildman–Crippen LogP) is 3.09. The van der Waals surface area contributed by atoms with Crippen LogP contribution in [0.4, 0.5) is 10.6 Å². The van der Waals surface area contributed by atoms with E-state index in [1.165, 1.54) is 0 Å². The van der Waals surface area contributed by atoms with E-state index in [1.807, 2.05) is 34.1 Å². The molecule has 3 aliphatic heterocycles. The van der Waals surface area contributed by atoms with Crippen molar-refractivity contribution in [2.45, 2.75) is 45.2 Å². The van der Waals surface area contributed by atoms with Crippen molar-refractivity contribution < 1.29 is 19.1 Å². The Morgan fingerprint density at radius 1 is 1.03 bits per heavy atom. The van der Waals surface area contributed by atoms with Gasteiger partial charge in [-0.05, 0) is 62.1 Å². The zero-order valence-electron chi connectivity index (χ0n) is 22.6. The normalized spacial score (nSPS) is 17.9. The van der Waals surface area contributed by atoms with Gasteiger partial charge in [-0.3, -0.25) is 4.79 Å². The van der Waals surface area contributed by atoms with Crippen LogP contribution in [0, 0.1) is 0 Å². The quantitative estimate of drug-likeness (QED) is 0.550. The minimum Gasteiger partial charge on any atom is -0.496 e. The molecule has 0 aliphatic carbocycles. The number of nitrogens with one attached hydrogen (secondary N) is 1. The highest BCUT2D eigenvalue weighted by Gasteiger charge is 2.34. The lowest BCUT2D eigenvalue weighted by Gasteiger charge is -2.35. The number of anilines is 1. The van der Waals surface area contributed by atoms with Gasteiger partial charge in [0.1, 0.15) is 23.1 Å². The third kappa shape index (κ3) is 4.71. The summed E-state index contributed by atoms with van der Waals surface area (Å²) < 4.78 is 13.1. The molecule has 204 valence electrons. The van der Waals surface area contributed by atoms with Crippen molar-refractivity contribution in [2.75, 3.05) is 45.3 Å². The van der Waals surface area contributed by atoms with Crippen LogP contribution in [0.2, 0.25) is 0 Å². The molecular weight excluding hydrogens is 498 g/mol. The van der Waals surface area contributed by atoms with Crippen LogP contribution in [0.5, 0.6) is 5.75 Å². The monoisotopic (exact) mass is 531 g/mol. The Balaban J connectivity index is 1.23. The van der Waals surface area contributed by atoms with Gasteiger partial charge in [0.15, 0.2) is 5.82 Å². The number of rotatable bonds is 4. The topological polar surface area (TPSA) is 115 Å². The van der Waals surface area contributed by atoms with E-state index in [0.29, 0.717) is 74.5 Å². The highest BCUT2D eigenvalue weighted by Crippen LogP contribution is 2.35. The lowest BCUT2D eigenvalue weighted by Crippen LogP contribution is -2.49. The largest absolute Gasteiger partial charge is 0.496 e. The highest BCUT2D eigenvalue weighted by atomic mass is 16.5. The molecule has 3 aromatic rings. The third-order valence-electron chi connectivity index (χ3n) is 7.85. The fourth-order valence-corrected chi connectivity index (χ4v) is 5.67. The molecule has 1 aromatic carbocycles. The Morgan fingerprint density at radius 3 is 2.64 bits per heavy atom. The molecule has 0 spiro atoms. The summed E-state index contributed by atoms with van der Waals surface area (Å²) in [7, 11) is 1.56. The zero-order chi connectivity index (χ0) is 27.1. The van der Waals surface area contributed by atoms with Crippen LogP contribution in [0.25, 0.3) is 11.5 Å². The van der Waals surface area contributed by atoms with Crippen LogP contribution in [-0.4, -0.2) is 81.4 Å². The van der Waals surface area contributed by atoms with Crippen LogP contribution >= 0.6 is 0 Å². The Hall–Kier alpha value is -3.99. The first kappa shape index (κ1) is 25.3. The standard InChI is InChI=1S/C28H33N7O4/c1-28(2)9-7-24-31-32-25(35(24)28)21-5-4-6-23(29-21)30-26(36)20-15-19-17-34(10-8-18(19)16-22(20)38-3)27(37)33-11-13-39-14-12-33/h4-6,15-16H,7-14,17H2,1-3H3,(H,29,30,36). The number of urea groups is 1. The number of aryl methyl sites for hydroxylation is 1. The van der Waals surface area contributed by atoms with Gasteiger partial charge in [0.05, 0.1) is 25.9 Å². The van der Waals surface area contributed by atoms with Crippen molar-refractivity contribution in [3.63, 3.8) is 0 Å². The first-order valence-electron chi connectivity index (χ1n) is 13.4. The number of carbonyl (C=O) groups excluding carboxylic acids is 2. The molecule has 1 saturated heterocycles. The number of hydrogen-bond acceptors (Lipinski definition) is 7. The number of nitrogens with zero attached hydrogens (tertiary/aromatic N) is 6. The molecule has 1 N–H and O–H groups in total. The molecule has 1 fully saturated rings. The second-order valence-electron chi connectivity index (χ2n) is 10.8. The Bertz CT molecular complexity index is 1430. The third-order valence-corrected chi connectivity index (χ3v) is 7.85. The van der Waals surface area contributed by atoms with Crippen molar-refractivity contribution in [1.29, 1.82) is 0 Å². The smallest absolute Gasteiger partial charge is 0.320 e. The van der Waals surface area contributed by atoms with Crippen LogP contribution in [0.15, 0.2) is 30.3 Å². The molecule has 0 bridgehead atoms. The van der Waals surface area contributed by atoms with Gasteiger partial charge in [-0.15, -0.1) is 10.2 Å². The molecule has 0 atom stereocenters. The van der Waals surface area contributed by atoms with E-state index in [0.717, 1.165) is 29.8 Å². The summed E-state index contributed by atoms with van der Waals surface area (Å²) in [5, 5.41) is 11.7. The first-order valence-corrected chi connectivity index (χ1v) is 13.4. The molecule has 3 aliphatic rings. The van der Waals surface area contributed by atoms with Gasteiger partial charge in [0, 0.05) is 38.1 Å². The van der Waals surface area contributed by atoms with Gasteiger partial charge in [0.25, 0.3) is 5.91 Å². The van der Waals surface area contributed by atoms with Crippen LogP contribution in [0.1, 0.15) is 47.6 Å². The molecule has 0 saturated carbocycles. The first-order chi connectivity index (χ1) is 18.8. The van der Waals surface area contributed by atoms with Crippen molar-refractivity contribution in [3.05, 3.63) is 52.8 Å². The number of fused-ring (bicyclic) bond motifs is 2. The van der Waals surface area contributed by atoms with Crippen LogP contribution in [-0.2, 0) is 29.7 Å². The number of amides is 3. The maximum atomic E-state index is 13.5. The van der Waals surface area contributed by atoms with Crippen molar-refractivity contribution in [2.24, 2.45) is 0 Å². The number of carbonyl (C=O) groups is 2. The van der Waals surface area contributed by atoms with Crippen LogP contribution in [0.3, 0.4) is 0 Å². The fourth-order valence-electron chi connectivity index (χ4n) is 5.67. The van der Waals surface area contributed by atoms with E-state index in [2.05, 4.69) is 38.9 Å². The fraction of sp³-hybridized carbons (Fsp3) is 0.464. The van der Waals surface area contributed by atoms with E-state index in [9.17, 15) is 9.59 Å². The zero-order valence-corrected chi connectivity index (χ0v) is 22.6. The second kappa shape index (κ2) is 9.96. The predicted molar refractivity (Wildman–Crippen MR) is 144 cm³/mol. The van der Waals surface area contributed by atoms with Gasteiger partial charge < -0.3 is 29.2 Å². The summed E-state index contributed by atoms with van der Waals surface area (Å²) in [6.07, 6.45) is 2.57. The summed E-state index contributed by atoms with van der Waals surface area (Å²) >= 11 is 0. The van der Waals surface area contributed by atoms with Crippen molar-refractivity contribution in [1.82, 2.24) is 29.5 Å². The number of pyridine rings is 1. The minimum absolute atomic E-state index is 0.00919. The lowest BCUT2D eigenvalue weighted by atomic mass is 9.96. The van der Waals surface area contributed by atoms with E-state index >= 15 is 0 Å². The molecule has 39 heavy (non-hydrogen) atoms. The van der Waals surface area contributed by atoms with Crippen molar-refractivity contribution >= 4 is 17.8 Å². The lowest BCUT2D eigenvalue weighted by molar-refractivity contribution is 0.0421. The molecule has 2 aromatic heterocycles. The highest BCUT2D eigenvalue weighted by molar-refractivity contribution is 6.06. The summed E-state index contributed by atoms with van der Waals surface area (Å²) in [6, 6.07) is 9.23. The second-order valence-corrected chi connectivity index (χ2v) is 10.8. The van der Waals surface area contributed by atoms with E-state index in [1.54, 1.807) is 13.2 Å². The minimum atomic E-state index is -0.331. The summed E-state index contributed by atoms with van der Waals surface area (Å²) in [5.74, 6) is 2.22. The van der Waals surface area contributed by atoms with Gasteiger partial charge in [-0.25, -0.2) is 9.78 Å². The molecule has 0 unspecified atom stereocenters. The summed E-state index contributed by atoms with van der Waals surface area (Å²) in [6.45, 7) is 7.71. The average molecular weight is 532 g/mol. The summed E-state index contributed by atoms with van der Waals surface area (Å²) in [4.78, 5) is 34.9. The number of ether oxygens (including phenoxy) is 2. The molecule has 11 heteroatoms. The number of aromatic nitrogens is 4. The molecule has 11 nitrogen and oxygen atoms in total. The molecule has 0 radical (unpaired) electrons. The number of hydrogen-bond donors (Lipinski definition) is 1. The molecule has 6 rings (SSSR count). The number of morpholine rings is 1. The van der Waals surface area contributed by atoms with Gasteiger partial charge in [0.2, 0.25) is 0 Å². The maximum absolute atomic E-state index is 13.5. The maximum Gasteiger partial charge on any atom is 0.320 e. The molecule has 5 heterocycles. The Morgan fingerprint density at radius 2 is 1.85 bits per heavy atom. The Kier molecular flexibility index (Phi) is 6.46. The number of benzene rings is 1. The van der Waals surface area contributed by atoms with E-state index < -0.39 is 0 Å². The van der Waals surface area contributed by atoms with Gasteiger partial charge in [-0.1, -0.05) is 6.07 Å². The Labute approximate surface area is 227 Å². The SMILES string of the molecule is COc1cc2c(cc1C(=O)Nc1cccc(-c3nnc4n3C(C)(C)CC4)n1)CN(C(=O)N1CCOCC1)CC2. The summed E-state index contributed by atoms with van der Waals surface area (Å²) in [5.41, 5.74) is 2.97.